The van der Waals surface area contributed by atoms with Crippen molar-refractivity contribution >= 4 is 29.3 Å². The van der Waals surface area contributed by atoms with Crippen LogP contribution in [0, 0.1) is 16.9 Å². The SMILES string of the molecule is Cl.O=C1C2CCCC=C2C[N+]1([O-])CCCN1CCC(c2noc3cc(F)ccc23)CC1. The lowest BCUT2D eigenvalue weighted by Gasteiger charge is -2.37. The Morgan fingerprint density at radius 2 is 2.06 bits per heavy atom. The van der Waals surface area contributed by atoms with Gasteiger partial charge in [0.1, 0.15) is 18.3 Å². The van der Waals surface area contributed by atoms with Crippen molar-refractivity contribution in [3.05, 3.63) is 46.6 Å². The Bertz CT molecular complexity index is 986. The van der Waals surface area contributed by atoms with Gasteiger partial charge in [-0.2, -0.15) is 0 Å². The maximum absolute atomic E-state index is 13.4. The highest BCUT2D eigenvalue weighted by atomic mass is 35.5. The van der Waals surface area contributed by atoms with Crippen molar-refractivity contribution in [3.63, 3.8) is 0 Å². The highest BCUT2D eigenvalue weighted by molar-refractivity contribution is 5.85. The molecule has 168 valence electrons. The summed E-state index contributed by atoms with van der Waals surface area (Å²) < 4.78 is 18.0. The lowest BCUT2D eigenvalue weighted by atomic mass is 9.90. The number of fused-ring (bicyclic) bond motifs is 2. The normalized spacial score (nSPS) is 27.2. The first kappa shape index (κ1) is 22.4. The Morgan fingerprint density at radius 1 is 1.26 bits per heavy atom. The van der Waals surface area contributed by atoms with E-state index in [1.165, 1.54) is 12.1 Å². The molecule has 1 amide bonds. The van der Waals surface area contributed by atoms with Crippen LogP contribution in [-0.2, 0) is 4.79 Å². The van der Waals surface area contributed by atoms with E-state index in [9.17, 15) is 14.4 Å². The number of hydrogen-bond donors (Lipinski definition) is 0. The van der Waals surface area contributed by atoms with Crippen LogP contribution in [0.5, 0.6) is 0 Å². The molecule has 2 saturated heterocycles. The van der Waals surface area contributed by atoms with Crippen molar-refractivity contribution in [3.8, 4) is 0 Å². The molecule has 3 heterocycles. The second kappa shape index (κ2) is 8.98. The Balaban J connectivity index is 0.00000231. The molecule has 2 atom stereocenters. The fraction of sp³-hybridized carbons (Fsp3) is 0.565. The number of nitrogens with zero attached hydrogens (tertiary/aromatic N) is 3. The smallest absolute Gasteiger partial charge is 0.321 e. The zero-order valence-corrected chi connectivity index (χ0v) is 18.4. The number of carbonyl (C=O) groups excluding carboxylic acids is 1. The van der Waals surface area contributed by atoms with Crippen LogP contribution in [-0.4, -0.2) is 53.3 Å². The van der Waals surface area contributed by atoms with E-state index in [1.54, 1.807) is 6.07 Å². The molecule has 1 aromatic heterocycles. The molecule has 2 aliphatic heterocycles. The van der Waals surface area contributed by atoms with Gasteiger partial charge in [0, 0.05) is 30.3 Å². The maximum atomic E-state index is 13.4. The first-order valence-electron chi connectivity index (χ1n) is 11.1. The third kappa shape index (κ3) is 4.29. The number of allylic oxidation sites excluding steroid dienone is 1. The third-order valence-electron chi connectivity index (χ3n) is 7.12. The zero-order chi connectivity index (χ0) is 20.7. The number of halogens is 2. The van der Waals surface area contributed by atoms with Gasteiger partial charge in [-0.1, -0.05) is 11.2 Å². The van der Waals surface area contributed by atoms with Gasteiger partial charge in [-0.15, -0.1) is 12.4 Å². The minimum atomic E-state index is -0.658. The van der Waals surface area contributed by atoms with Gasteiger partial charge < -0.3 is 14.6 Å². The van der Waals surface area contributed by atoms with Crippen molar-refractivity contribution in [1.29, 1.82) is 0 Å². The van der Waals surface area contributed by atoms with E-state index < -0.39 is 4.65 Å². The lowest BCUT2D eigenvalue weighted by molar-refractivity contribution is -0.793. The molecular weight excluding hydrogens is 421 g/mol. The average molecular weight is 450 g/mol. The summed E-state index contributed by atoms with van der Waals surface area (Å²) in [6.07, 6.45) is 7.66. The van der Waals surface area contributed by atoms with Crippen LogP contribution in [0.15, 0.2) is 34.4 Å². The summed E-state index contributed by atoms with van der Waals surface area (Å²) >= 11 is 0. The molecule has 0 N–H and O–H groups in total. The number of piperidine rings is 1. The van der Waals surface area contributed by atoms with Crippen LogP contribution in [0.25, 0.3) is 11.0 Å². The number of hydroxylamine groups is 3. The molecule has 8 heteroatoms. The number of rotatable bonds is 5. The summed E-state index contributed by atoms with van der Waals surface area (Å²) in [5, 5.41) is 18.2. The molecule has 31 heavy (non-hydrogen) atoms. The summed E-state index contributed by atoms with van der Waals surface area (Å²) in [6.45, 7) is 3.45. The monoisotopic (exact) mass is 449 g/mol. The van der Waals surface area contributed by atoms with Gasteiger partial charge in [0.2, 0.25) is 0 Å². The van der Waals surface area contributed by atoms with E-state index in [1.807, 2.05) is 0 Å². The maximum Gasteiger partial charge on any atom is 0.321 e. The van der Waals surface area contributed by atoms with Crippen LogP contribution >= 0.6 is 12.4 Å². The van der Waals surface area contributed by atoms with Gasteiger partial charge in [0.15, 0.2) is 5.58 Å². The lowest BCUT2D eigenvalue weighted by Crippen LogP contribution is -2.46. The average Bonchev–Trinajstić information content (AvgIpc) is 3.27. The zero-order valence-electron chi connectivity index (χ0n) is 17.6. The second-order valence-electron chi connectivity index (χ2n) is 9.05. The molecule has 2 aromatic rings. The van der Waals surface area contributed by atoms with Crippen LogP contribution < -0.4 is 0 Å². The summed E-state index contributed by atoms with van der Waals surface area (Å²) in [4.78, 5) is 15.0. The predicted octanol–water partition coefficient (Wildman–Crippen LogP) is 4.54. The number of benzene rings is 1. The molecule has 2 unspecified atom stereocenters. The molecule has 3 aliphatic rings. The summed E-state index contributed by atoms with van der Waals surface area (Å²) in [6, 6.07) is 4.58. The van der Waals surface area contributed by atoms with Gasteiger partial charge in [-0.25, -0.2) is 9.18 Å². The molecule has 6 nitrogen and oxygen atoms in total. The van der Waals surface area contributed by atoms with Crippen LogP contribution in [0.4, 0.5) is 4.39 Å². The number of likely N-dealkylation sites (tertiary alicyclic amines) is 2. The Hall–Kier alpha value is -1.80. The third-order valence-corrected chi connectivity index (χ3v) is 7.12. The van der Waals surface area contributed by atoms with Crippen LogP contribution in [0.3, 0.4) is 0 Å². The van der Waals surface area contributed by atoms with Crippen molar-refractivity contribution in [1.82, 2.24) is 10.1 Å². The molecule has 1 aliphatic carbocycles. The van der Waals surface area contributed by atoms with Crippen molar-refractivity contribution in [2.24, 2.45) is 5.92 Å². The number of hydrogen-bond acceptors (Lipinski definition) is 5. The van der Waals surface area contributed by atoms with E-state index in [-0.39, 0.29) is 30.0 Å². The molecule has 1 aromatic carbocycles. The fourth-order valence-corrected chi connectivity index (χ4v) is 5.45. The second-order valence-corrected chi connectivity index (χ2v) is 9.05. The molecule has 2 fully saturated rings. The summed E-state index contributed by atoms with van der Waals surface area (Å²) in [5.41, 5.74) is 2.51. The molecule has 0 radical (unpaired) electrons. The minimum Gasteiger partial charge on any atom is -0.625 e. The molecule has 5 rings (SSSR count). The number of carbonyl (C=O) groups is 1. The molecule has 0 saturated carbocycles. The summed E-state index contributed by atoms with van der Waals surface area (Å²) in [7, 11) is 0. The van der Waals surface area contributed by atoms with Crippen molar-refractivity contribution in [2.75, 3.05) is 32.7 Å². The standard InChI is InChI=1S/C23H28FN3O3.ClH/c24-18-6-7-20-21(14-18)30-25-22(20)16-8-11-26(12-9-16)10-3-13-27(29)15-17-4-1-2-5-19(17)23(27)28;/h4,6-7,14,16,19H,1-3,5,8-13,15H2;1H. The van der Waals surface area contributed by atoms with Crippen LogP contribution in [0.2, 0.25) is 0 Å². The quantitative estimate of drug-likeness (QED) is 0.381. The van der Waals surface area contributed by atoms with E-state index in [0.717, 1.165) is 74.8 Å². The van der Waals surface area contributed by atoms with Gasteiger partial charge in [0.25, 0.3) is 0 Å². The Kier molecular flexibility index (Phi) is 6.49. The van der Waals surface area contributed by atoms with Crippen molar-refractivity contribution < 1.29 is 18.4 Å². The topological polar surface area (TPSA) is 69.4 Å². The number of amides is 1. The summed E-state index contributed by atoms with van der Waals surface area (Å²) in [5.74, 6) is -0.237. The van der Waals surface area contributed by atoms with E-state index in [4.69, 9.17) is 4.52 Å². The van der Waals surface area contributed by atoms with Gasteiger partial charge in [-0.3, -0.25) is 4.65 Å². The molecule has 0 bridgehead atoms. The van der Waals surface area contributed by atoms with E-state index in [0.29, 0.717) is 24.6 Å². The largest absolute Gasteiger partial charge is 0.625 e. The minimum absolute atomic E-state index is 0. The first-order valence-corrected chi connectivity index (χ1v) is 11.1. The fourth-order valence-electron chi connectivity index (χ4n) is 5.45. The van der Waals surface area contributed by atoms with Gasteiger partial charge in [-0.05, 0) is 62.9 Å². The van der Waals surface area contributed by atoms with Crippen LogP contribution in [0.1, 0.15) is 50.1 Å². The Labute approximate surface area is 187 Å². The predicted molar refractivity (Wildman–Crippen MR) is 118 cm³/mol. The first-order chi connectivity index (χ1) is 14.5. The number of quaternary nitrogens is 1. The van der Waals surface area contributed by atoms with Crippen molar-refractivity contribution in [2.45, 2.75) is 44.4 Å². The van der Waals surface area contributed by atoms with Gasteiger partial charge in [0.05, 0.1) is 12.2 Å². The number of aromatic nitrogens is 1. The molecule has 0 spiro atoms. The molecular formula is C23H29ClFN3O3. The highest BCUT2D eigenvalue weighted by Crippen LogP contribution is 2.37. The van der Waals surface area contributed by atoms with E-state index in [2.05, 4.69) is 16.1 Å². The highest BCUT2D eigenvalue weighted by Gasteiger charge is 2.45. The van der Waals surface area contributed by atoms with Gasteiger partial charge >= 0.3 is 5.91 Å². The van der Waals surface area contributed by atoms with E-state index >= 15 is 0 Å². The Morgan fingerprint density at radius 3 is 2.84 bits per heavy atom.